The molecular weight excluding hydrogens is 510 g/mol. The van der Waals surface area contributed by atoms with Crippen molar-refractivity contribution in [3.63, 3.8) is 0 Å². The molecule has 0 spiro atoms. The van der Waals surface area contributed by atoms with Crippen molar-refractivity contribution in [2.24, 2.45) is 0 Å². The first-order valence-electron chi connectivity index (χ1n) is 13.3. The molecule has 0 N–H and O–H groups in total. The molecule has 0 atom stereocenters. The van der Waals surface area contributed by atoms with Gasteiger partial charge in [0.1, 0.15) is 5.69 Å². The highest BCUT2D eigenvalue weighted by Crippen LogP contribution is 2.40. The van der Waals surface area contributed by atoms with Crippen LogP contribution in [0.25, 0.3) is 71.8 Å². The summed E-state index contributed by atoms with van der Waals surface area (Å²) in [6.45, 7) is 0. The smallest absolute Gasteiger partial charge is 0.165 e. The van der Waals surface area contributed by atoms with Crippen LogP contribution in [0.1, 0.15) is 0 Å². The maximum absolute atomic E-state index is 6.56. The third-order valence-corrected chi connectivity index (χ3v) is 7.88. The molecular formula is C36H22ClN3. The summed E-state index contributed by atoms with van der Waals surface area (Å²) in [6, 6.07) is 46.0. The SMILES string of the molecule is Clc1ccc2c(c1)c1c3ccccc3ccc1n2-c1nc2ccccc2nc1-c1ccc(-c2ccccc2)cc1. The van der Waals surface area contributed by atoms with Gasteiger partial charge >= 0.3 is 0 Å². The van der Waals surface area contributed by atoms with E-state index < -0.39 is 0 Å². The molecule has 2 heterocycles. The van der Waals surface area contributed by atoms with E-state index in [1.54, 1.807) is 0 Å². The third-order valence-electron chi connectivity index (χ3n) is 7.65. The standard InChI is InChI=1S/C36H22ClN3/c37-27-19-21-32-29(22-27)34-28-11-5-4-10-25(28)18-20-33(34)40(32)36-35(38-30-12-6-7-13-31(30)39-36)26-16-14-24(15-17-26)23-8-2-1-3-9-23/h1-22H. The number of aromatic nitrogens is 3. The van der Waals surface area contributed by atoms with Crippen LogP contribution in [0.4, 0.5) is 0 Å². The highest BCUT2D eigenvalue weighted by Gasteiger charge is 2.20. The topological polar surface area (TPSA) is 30.7 Å². The van der Waals surface area contributed by atoms with Crippen LogP contribution in [0.15, 0.2) is 133 Å². The maximum atomic E-state index is 6.56. The maximum Gasteiger partial charge on any atom is 0.165 e. The average molecular weight is 532 g/mol. The first kappa shape index (κ1) is 22.9. The minimum absolute atomic E-state index is 0.709. The largest absolute Gasteiger partial charge is 0.292 e. The van der Waals surface area contributed by atoms with Gasteiger partial charge in [0.15, 0.2) is 5.82 Å². The van der Waals surface area contributed by atoms with Gasteiger partial charge in [0.2, 0.25) is 0 Å². The molecule has 4 heteroatoms. The second-order valence-electron chi connectivity index (χ2n) is 10.0. The summed E-state index contributed by atoms with van der Waals surface area (Å²) in [4.78, 5) is 10.4. The highest BCUT2D eigenvalue weighted by molar-refractivity contribution is 6.32. The molecule has 0 aliphatic heterocycles. The van der Waals surface area contributed by atoms with Crippen molar-refractivity contribution < 1.29 is 0 Å². The van der Waals surface area contributed by atoms with Gasteiger partial charge in [-0.3, -0.25) is 4.57 Å². The van der Waals surface area contributed by atoms with Crippen LogP contribution in [0.2, 0.25) is 5.02 Å². The van der Waals surface area contributed by atoms with Crippen molar-refractivity contribution in [3.05, 3.63) is 138 Å². The van der Waals surface area contributed by atoms with Crippen LogP contribution >= 0.6 is 11.6 Å². The Morgan fingerprint density at radius 3 is 1.98 bits per heavy atom. The molecule has 0 aliphatic rings. The van der Waals surface area contributed by atoms with Crippen LogP contribution in [0.3, 0.4) is 0 Å². The van der Waals surface area contributed by atoms with E-state index in [0.29, 0.717) is 5.02 Å². The van der Waals surface area contributed by atoms with Gasteiger partial charge in [0.05, 0.1) is 22.1 Å². The Hall–Kier alpha value is -4.99. The Balaban J connectivity index is 1.45. The summed E-state index contributed by atoms with van der Waals surface area (Å²) in [7, 11) is 0. The van der Waals surface area contributed by atoms with Crippen molar-refractivity contribution in [3.8, 4) is 28.2 Å². The van der Waals surface area contributed by atoms with Crippen molar-refractivity contribution in [1.29, 1.82) is 0 Å². The van der Waals surface area contributed by atoms with E-state index in [0.717, 1.165) is 55.5 Å². The van der Waals surface area contributed by atoms with Gasteiger partial charge < -0.3 is 0 Å². The Labute approximate surface area is 235 Å². The zero-order valence-electron chi connectivity index (χ0n) is 21.4. The molecule has 6 aromatic carbocycles. The summed E-state index contributed by atoms with van der Waals surface area (Å²) in [6.07, 6.45) is 0. The van der Waals surface area contributed by atoms with Crippen LogP contribution in [-0.2, 0) is 0 Å². The van der Waals surface area contributed by atoms with Gasteiger partial charge in [-0.25, -0.2) is 9.97 Å². The highest BCUT2D eigenvalue weighted by atomic mass is 35.5. The van der Waals surface area contributed by atoms with Crippen LogP contribution in [-0.4, -0.2) is 14.5 Å². The summed E-state index contributed by atoms with van der Waals surface area (Å²) < 4.78 is 2.24. The summed E-state index contributed by atoms with van der Waals surface area (Å²) in [5, 5.41) is 5.35. The first-order valence-corrected chi connectivity index (χ1v) is 13.7. The van der Waals surface area contributed by atoms with Gasteiger partial charge in [0, 0.05) is 21.4 Å². The zero-order valence-corrected chi connectivity index (χ0v) is 22.2. The molecule has 0 saturated heterocycles. The van der Waals surface area contributed by atoms with Crippen molar-refractivity contribution in [1.82, 2.24) is 14.5 Å². The molecule has 0 aliphatic carbocycles. The summed E-state index contributed by atoms with van der Waals surface area (Å²) in [5.74, 6) is 0.795. The number of hydrogen-bond donors (Lipinski definition) is 0. The lowest BCUT2D eigenvalue weighted by Crippen LogP contribution is -2.03. The minimum Gasteiger partial charge on any atom is -0.292 e. The molecule has 0 radical (unpaired) electrons. The van der Waals surface area contributed by atoms with E-state index in [1.807, 2.05) is 36.4 Å². The molecule has 8 rings (SSSR count). The van der Waals surface area contributed by atoms with E-state index in [-0.39, 0.29) is 0 Å². The van der Waals surface area contributed by atoms with Crippen LogP contribution in [0, 0.1) is 0 Å². The predicted octanol–water partition coefficient (Wildman–Crippen LogP) is 9.87. The number of para-hydroxylation sites is 2. The molecule has 8 aromatic rings. The lowest BCUT2D eigenvalue weighted by atomic mass is 10.0. The Morgan fingerprint density at radius 2 is 1.15 bits per heavy atom. The van der Waals surface area contributed by atoms with Crippen LogP contribution < -0.4 is 0 Å². The van der Waals surface area contributed by atoms with Crippen molar-refractivity contribution >= 4 is 55.2 Å². The quantitative estimate of drug-likeness (QED) is 0.227. The number of halogens is 1. The van der Waals surface area contributed by atoms with E-state index in [1.165, 1.54) is 16.3 Å². The van der Waals surface area contributed by atoms with E-state index in [4.69, 9.17) is 21.6 Å². The van der Waals surface area contributed by atoms with Gasteiger partial charge in [0.25, 0.3) is 0 Å². The average Bonchev–Trinajstić information content (AvgIpc) is 3.34. The normalized spacial score (nSPS) is 11.6. The second-order valence-corrected chi connectivity index (χ2v) is 10.4. The summed E-state index contributed by atoms with van der Waals surface area (Å²) in [5.41, 5.74) is 8.03. The molecule has 0 unspecified atom stereocenters. The number of hydrogen-bond acceptors (Lipinski definition) is 2. The van der Waals surface area contributed by atoms with E-state index in [2.05, 4.69) is 102 Å². The molecule has 40 heavy (non-hydrogen) atoms. The fraction of sp³-hybridized carbons (Fsp3) is 0. The van der Waals surface area contributed by atoms with Crippen molar-refractivity contribution in [2.45, 2.75) is 0 Å². The van der Waals surface area contributed by atoms with E-state index in [9.17, 15) is 0 Å². The van der Waals surface area contributed by atoms with Gasteiger partial charge in [-0.15, -0.1) is 0 Å². The monoisotopic (exact) mass is 531 g/mol. The fourth-order valence-corrected chi connectivity index (χ4v) is 5.95. The molecule has 0 saturated carbocycles. The predicted molar refractivity (Wildman–Crippen MR) is 167 cm³/mol. The van der Waals surface area contributed by atoms with E-state index >= 15 is 0 Å². The van der Waals surface area contributed by atoms with Gasteiger partial charge in [-0.2, -0.15) is 0 Å². The Bertz CT molecular complexity index is 2210. The third kappa shape index (κ3) is 3.59. The Morgan fingerprint density at radius 1 is 0.500 bits per heavy atom. The second kappa shape index (κ2) is 9.04. The molecule has 2 aromatic heterocycles. The number of rotatable bonds is 3. The lowest BCUT2D eigenvalue weighted by molar-refractivity contribution is 1.08. The molecule has 188 valence electrons. The number of benzene rings is 6. The zero-order chi connectivity index (χ0) is 26.6. The first-order chi connectivity index (χ1) is 19.7. The number of fused-ring (bicyclic) bond motifs is 6. The van der Waals surface area contributed by atoms with Gasteiger partial charge in [-0.1, -0.05) is 109 Å². The van der Waals surface area contributed by atoms with Crippen LogP contribution in [0.5, 0.6) is 0 Å². The number of nitrogens with zero attached hydrogens (tertiary/aromatic N) is 3. The lowest BCUT2D eigenvalue weighted by Gasteiger charge is -2.14. The molecule has 3 nitrogen and oxygen atoms in total. The van der Waals surface area contributed by atoms with Crippen molar-refractivity contribution in [2.75, 3.05) is 0 Å². The molecule has 0 fully saturated rings. The van der Waals surface area contributed by atoms with Gasteiger partial charge in [-0.05, 0) is 58.3 Å². The summed E-state index contributed by atoms with van der Waals surface area (Å²) >= 11 is 6.56. The molecule has 0 bridgehead atoms. The molecule has 0 amide bonds. The Kier molecular flexibility index (Phi) is 5.19. The fourth-order valence-electron chi connectivity index (χ4n) is 5.78. The minimum atomic E-state index is 0.709.